The Labute approximate surface area is 156 Å². The number of rotatable bonds is 2. The molecule has 0 heterocycles. The van der Waals surface area contributed by atoms with E-state index in [1.165, 1.54) is 6.07 Å². The number of amidine groups is 1. The van der Waals surface area contributed by atoms with E-state index in [2.05, 4.69) is 10.3 Å². The summed E-state index contributed by atoms with van der Waals surface area (Å²) in [5.41, 5.74) is 1.02. The average molecular weight is 385 g/mol. The van der Waals surface area contributed by atoms with Gasteiger partial charge >= 0.3 is 0 Å². The molecule has 0 unspecified atom stereocenters. The molecule has 0 aliphatic carbocycles. The molecule has 0 atom stereocenters. The van der Waals surface area contributed by atoms with Crippen LogP contribution >= 0.6 is 35.4 Å². The van der Waals surface area contributed by atoms with Crippen molar-refractivity contribution in [2.75, 3.05) is 26.5 Å². The van der Waals surface area contributed by atoms with Crippen molar-refractivity contribution in [3.05, 3.63) is 63.9 Å². The van der Waals surface area contributed by atoms with Crippen LogP contribution in [0, 0.1) is 5.82 Å². The highest BCUT2D eigenvalue weighted by atomic mass is 35.5. The van der Waals surface area contributed by atoms with E-state index in [4.69, 9.17) is 35.4 Å². The van der Waals surface area contributed by atoms with E-state index in [0.29, 0.717) is 20.4 Å². The van der Waals surface area contributed by atoms with E-state index < -0.39 is 5.82 Å². The van der Waals surface area contributed by atoms with Gasteiger partial charge in [0.2, 0.25) is 10.9 Å². The minimum Gasteiger partial charge on any atom is -0.328 e. The first-order valence-corrected chi connectivity index (χ1v) is 8.26. The number of nitrogens with one attached hydrogen (secondary N) is 1. The summed E-state index contributed by atoms with van der Waals surface area (Å²) in [6.07, 6.45) is 0. The van der Waals surface area contributed by atoms with Crippen molar-refractivity contribution in [1.29, 1.82) is 0 Å². The van der Waals surface area contributed by atoms with E-state index >= 15 is 0 Å². The molecule has 0 aromatic heterocycles. The topological polar surface area (TPSA) is 24.4 Å². The van der Waals surface area contributed by atoms with Gasteiger partial charge in [-0.3, -0.25) is 4.48 Å². The molecule has 0 aliphatic heterocycles. The highest BCUT2D eigenvalue weighted by Crippen LogP contribution is 2.22. The Balaban J connectivity index is 2.39. The van der Waals surface area contributed by atoms with Crippen molar-refractivity contribution < 1.29 is 8.87 Å². The summed E-state index contributed by atoms with van der Waals surface area (Å²) in [6, 6.07) is 11.5. The van der Waals surface area contributed by atoms with Crippen molar-refractivity contribution in [2.24, 2.45) is 4.99 Å². The molecule has 0 amide bonds. The van der Waals surface area contributed by atoms with Gasteiger partial charge in [-0.05, 0) is 42.5 Å². The van der Waals surface area contributed by atoms with Gasteiger partial charge in [-0.15, -0.1) is 0 Å². The van der Waals surface area contributed by atoms with Gasteiger partial charge < -0.3 is 5.32 Å². The number of hydrogen-bond acceptors (Lipinski definition) is 1. The fraction of sp³-hybridized carbons (Fsp3) is 0.176. The molecule has 0 spiro atoms. The Morgan fingerprint density at radius 1 is 1.08 bits per heavy atom. The number of thiocarbonyl (C=S) groups is 1. The first kappa shape index (κ1) is 18.8. The molecule has 2 aromatic carbocycles. The van der Waals surface area contributed by atoms with Crippen molar-refractivity contribution in [3.63, 3.8) is 0 Å². The minimum atomic E-state index is -0.396. The number of hydrogen-bond donors (Lipinski definition) is 1. The van der Waals surface area contributed by atoms with Crippen molar-refractivity contribution >= 4 is 52.1 Å². The molecule has 0 aliphatic rings. The fourth-order valence-electron chi connectivity index (χ4n) is 2.09. The molecule has 0 saturated carbocycles. The largest absolute Gasteiger partial charge is 0.328 e. The lowest BCUT2D eigenvalue weighted by molar-refractivity contribution is -0.775. The van der Waals surface area contributed by atoms with Gasteiger partial charge in [-0.2, -0.15) is 4.99 Å². The minimum absolute atomic E-state index is 0.152. The third kappa shape index (κ3) is 4.98. The van der Waals surface area contributed by atoms with E-state index in [1.807, 2.05) is 21.1 Å². The van der Waals surface area contributed by atoms with Crippen LogP contribution in [-0.2, 0) is 0 Å². The summed E-state index contributed by atoms with van der Waals surface area (Å²) in [5.74, 6) is 0.251. The molecular weight excluding hydrogens is 368 g/mol. The van der Waals surface area contributed by atoms with E-state index in [-0.39, 0.29) is 10.8 Å². The maximum absolute atomic E-state index is 13.7. The number of halogens is 3. The Morgan fingerprint density at radius 2 is 1.67 bits per heavy atom. The second-order valence-corrected chi connectivity index (χ2v) is 7.28. The van der Waals surface area contributed by atoms with Crippen LogP contribution in [0.25, 0.3) is 0 Å². The Morgan fingerprint density at radius 3 is 2.21 bits per heavy atom. The van der Waals surface area contributed by atoms with Gasteiger partial charge in [0.05, 0.1) is 32.4 Å². The maximum atomic E-state index is 13.7. The lowest BCUT2D eigenvalue weighted by atomic mass is 10.2. The van der Waals surface area contributed by atoms with Gasteiger partial charge in [0, 0.05) is 10.0 Å². The summed E-state index contributed by atoms with van der Waals surface area (Å²) < 4.78 is 14.1. The van der Waals surface area contributed by atoms with Crippen LogP contribution in [0.5, 0.6) is 0 Å². The first-order valence-electron chi connectivity index (χ1n) is 7.09. The third-order valence-corrected chi connectivity index (χ3v) is 3.71. The van der Waals surface area contributed by atoms with Crippen LogP contribution in [-0.4, -0.2) is 36.6 Å². The smallest absolute Gasteiger partial charge is 0.237 e. The van der Waals surface area contributed by atoms with Crippen LogP contribution in [0.2, 0.25) is 10.0 Å². The van der Waals surface area contributed by atoms with Gasteiger partial charge in [0.1, 0.15) is 5.82 Å². The quantitative estimate of drug-likeness (QED) is 0.341. The summed E-state index contributed by atoms with van der Waals surface area (Å²) in [5, 5.41) is 3.97. The van der Waals surface area contributed by atoms with Gasteiger partial charge in [0.25, 0.3) is 0 Å². The molecule has 3 nitrogen and oxygen atoms in total. The second-order valence-electron chi connectivity index (χ2n) is 6.02. The summed E-state index contributed by atoms with van der Waals surface area (Å²) >= 11 is 17.4. The van der Waals surface area contributed by atoms with Crippen molar-refractivity contribution in [3.8, 4) is 0 Å². The van der Waals surface area contributed by atoms with Crippen LogP contribution in [0.3, 0.4) is 0 Å². The number of quaternary nitrogens is 1. The van der Waals surface area contributed by atoms with Crippen LogP contribution < -0.4 is 5.32 Å². The number of anilines is 1. The summed E-state index contributed by atoms with van der Waals surface area (Å²) in [6.45, 7) is 0. The van der Waals surface area contributed by atoms with Crippen molar-refractivity contribution in [1.82, 2.24) is 0 Å². The zero-order chi connectivity index (χ0) is 17.9. The monoisotopic (exact) mass is 384 g/mol. The molecule has 0 fully saturated rings. The molecule has 0 bridgehead atoms. The molecule has 7 heteroatoms. The Bertz CT molecular complexity index is 780. The summed E-state index contributed by atoms with van der Waals surface area (Å²) in [7, 11) is 5.83. The zero-order valence-electron chi connectivity index (χ0n) is 13.5. The van der Waals surface area contributed by atoms with Gasteiger partial charge in [-0.1, -0.05) is 35.3 Å². The van der Waals surface area contributed by atoms with Crippen LogP contribution in [0.1, 0.15) is 5.56 Å². The van der Waals surface area contributed by atoms with Gasteiger partial charge in [-0.25, -0.2) is 4.39 Å². The standard InChI is InChI=1S/C17H16Cl2FN3S/c1-23(2,3)16(11-8-12(18)10-13(19)9-11)22-17(24)21-15-7-5-4-6-14(15)20/h4-10H,1-3H3/p+1. The maximum Gasteiger partial charge on any atom is 0.237 e. The lowest BCUT2D eigenvalue weighted by Gasteiger charge is -2.25. The normalized spacial score (nSPS) is 12.2. The average Bonchev–Trinajstić information content (AvgIpc) is 2.45. The number of para-hydroxylation sites is 1. The predicted molar refractivity (Wildman–Crippen MR) is 104 cm³/mol. The molecular formula is C17H17Cl2FN3S+. The Hall–Kier alpha value is -1.53. The molecule has 126 valence electrons. The number of benzene rings is 2. The molecule has 1 N–H and O–H groups in total. The predicted octanol–water partition coefficient (Wildman–Crippen LogP) is 4.98. The third-order valence-electron chi connectivity index (χ3n) is 3.08. The van der Waals surface area contributed by atoms with Crippen LogP contribution in [0.4, 0.5) is 10.1 Å². The van der Waals surface area contributed by atoms with E-state index in [0.717, 1.165) is 5.56 Å². The SMILES string of the molecule is C[N+](C)(C)C(=NC(=S)Nc1ccccc1F)c1cc(Cl)cc(Cl)c1. The van der Waals surface area contributed by atoms with Gasteiger partial charge in [0.15, 0.2) is 0 Å². The highest BCUT2D eigenvalue weighted by molar-refractivity contribution is 7.80. The number of nitrogens with zero attached hydrogens (tertiary/aromatic N) is 2. The van der Waals surface area contributed by atoms with Crippen LogP contribution in [0.15, 0.2) is 47.5 Å². The Kier molecular flexibility index (Phi) is 5.93. The van der Waals surface area contributed by atoms with E-state index in [9.17, 15) is 4.39 Å². The van der Waals surface area contributed by atoms with Crippen molar-refractivity contribution in [2.45, 2.75) is 0 Å². The zero-order valence-corrected chi connectivity index (χ0v) is 15.8. The molecule has 0 radical (unpaired) electrons. The lowest BCUT2D eigenvalue weighted by Crippen LogP contribution is -2.42. The molecule has 24 heavy (non-hydrogen) atoms. The molecule has 2 rings (SSSR count). The molecule has 0 saturated heterocycles. The second kappa shape index (κ2) is 7.57. The number of aliphatic imine (C=N–C) groups is 1. The van der Waals surface area contributed by atoms with E-state index in [1.54, 1.807) is 36.4 Å². The summed E-state index contributed by atoms with van der Waals surface area (Å²) in [4.78, 5) is 4.46. The molecule has 2 aromatic rings. The fourth-order valence-corrected chi connectivity index (χ4v) is 2.81. The first-order chi connectivity index (χ1) is 11.2. The highest BCUT2D eigenvalue weighted by Gasteiger charge is 2.22.